The van der Waals surface area contributed by atoms with Gasteiger partial charge in [0, 0.05) is 11.8 Å². The molecule has 0 spiro atoms. The maximum absolute atomic E-state index is 12.3. The van der Waals surface area contributed by atoms with Gasteiger partial charge < -0.3 is 14.7 Å². The number of furan rings is 1. The quantitative estimate of drug-likeness (QED) is 0.776. The number of carbonyl (C=O) groups is 1. The van der Waals surface area contributed by atoms with E-state index < -0.39 is 0 Å². The summed E-state index contributed by atoms with van der Waals surface area (Å²) in [4.78, 5) is 20.1. The summed E-state index contributed by atoms with van der Waals surface area (Å²) in [6.45, 7) is 1.94. The summed E-state index contributed by atoms with van der Waals surface area (Å²) in [7, 11) is 0. The standard InChI is InChI=1S/C17H17N3O2/c1-10(16-19-13-5-2-3-6-14(13)20-16)18-17(21)12-9-11(12)15-7-4-8-22-15/h2-8,10-12H,9H2,1H3,(H,18,21)(H,19,20). The molecule has 2 aromatic heterocycles. The molecule has 2 N–H and O–H groups in total. The average Bonchev–Trinajstić information content (AvgIpc) is 2.97. The van der Waals surface area contributed by atoms with Gasteiger partial charge in [-0.15, -0.1) is 0 Å². The lowest BCUT2D eigenvalue weighted by molar-refractivity contribution is -0.123. The van der Waals surface area contributed by atoms with Gasteiger partial charge in [0.25, 0.3) is 0 Å². The molecule has 1 amide bonds. The summed E-state index contributed by atoms with van der Waals surface area (Å²) in [5.41, 5.74) is 1.90. The summed E-state index contributed by atoms with van der Waals surface area (Å²) >= 11 is 0. The number of fused-ring (bicyclic) bond motifs is 1. The molecule has 1 aromatic carbocycles. The highest BCUT2D eigenvalue weighted by molar-refractivity contribution is 5.83. The molecule has 5 nitrogen and oxygen atoms in total. The lowest BCUT2D eigenvalue weighted by atomic mass is 10.2. The highest BCUT2D eigenvalue weighted by atomic mass is 16.3. The highest BCUT2D eigenvalue weighted by Crippen LogP contribution is 2.47. The van der Waals surface area contributed by atoms with Crippen LogP contribution in [-0.4, -0.2) is 15.9 Å². The number of carbonyl (C=O) groups excluding carboxylic acids is 1. The Labute approximate surface area is 127 Å². The Morgan fingerprint density at radius 3 is 3.00 bits per heavy atom. The molecule has 22 heavy (non-hydrogen) atoms. The fraction of sp³-hybridized carbons (Fsp3) is 0.294. The molecule has 1 aliphatic carbocycles. The van der Waals surface area contributed by atoms with E-state index in [4.69, 9.17) is 4.42 Å². The van der Waals surface area contributed by atoms with Gasteiger partial charge in [0.1, 0.15) is 11.6 Å². The van der Waals surface area contributed by atoms with E-state index in [-0.39, 0.29) is 23.8 Å². The van der Waals surface area contributed by atoms with Crippen molar-refractivity contribution in [3.63, 3.8) is 0 Å². The van der Waals surface area contributed by atoms with Crippen molar-refractivity contribution in [2.75, 3.05) is 0 Å². The van der Waals surface area contributed by atoms with Crippen LogP contribution < -0.4 is 5.32 Å². The van der Waals surface area contributed by atoms with E-state index in [1.807, 2.05) is 43.3 Å². The first-order valence-electron chi connectivity index (χ1n) is 7.51. The second kappa shape index (κ2) is 5.02. The second-order valence-corrected chi connectivity index (χ2v) is 5.83. The van der Waals surface area contributed by atoms with Crippen molar-refractivity contribution in [2.45, 2.75) is 25.3 Å². The van der Waals surface area contributed by atoms with Gasteiger partial charge in [-0.2, -0.15) is 0 Å². The number of amides is 1. The molecule has 0 radical (unpaired) electrons. The number of para-hydroxylation sites is 2. The van der Waals surface area contributed by atoms with Gasteiger partial charge in [0.15, 0.2) is 0 Å². The van der Waals surface area contributed by atoms with Crippen molar-refractivity contribution in [3.05, 3.63) is 54.2 Å². The largest absolute Gasteiger partial charge is 0.469 e. The van der Waals surface area contributed by atoms with Crippen LogP contribution in [0.3, 0.4) is 0 Å². The number of hydrogen-bond acceptors (Lipinski definition) is 3. The van der Waals surface area contributed by atoms with E-state index in [1.165, 1.54) is 0 Å². The molecule has 1 saturated carbocycles. The summed E-state index contributed by atoms with van der Waals surface area (Å²) in [6, 6.07) is 11.5. The molecule has 3 unspecified atom stereocenters. The van der Waals surface area contributed by atoms with Crippen molar-refractivity contribution < 1.29 is 9.21 Å². The predicted octanol–water partition coefficient (Wildman–Crippen LogP) is 3.14. The molecule has 0 aliphatic heterocycles. The van der Waals surface area contributed by atoms with Gasteiger partial charge in [-0.05, 0) is 37.6 Å². The fourth-order valence-electron chi connectivity index (χ4n) is 2.87. The molecule has 0 bridgehead atoms. The maximum Gasteiger partial charge on any atom is 0.224 e. The van der Waals surface area contributed by atoms with E-state index in [0.29, 0.717) is 0 Å². The predicted molar refractivity (Wildman–Crippen MR) is 82.2 cm³/mol. The third-order valence-corrected chi connectivity index (χ3v) is 4.21. The summed E-state index contributed by atoms with van der Waals surface area (Å²) in [5.74, 6) is 1.98. The average molecular weight is 295 g/mol. The monoisotopic (exact) mass is 295 g/mol. The zero-order chi connectivity index (χ0) is 15.1. The van der Waals surface area contributed by atoms with E-state index in [1.54, 1.807) is 6.26 Å². The third-order valence-electron chi connectivity index (χ3n) is 4.21. The first-order valence-corrected chi connectivity index (χ1v) is 7.51. The van der Waals surface area contributed by atoms with Crippen LogP contribution >= 0.6 is 0 Å². The summed E-state index contributed by atoms with van der Waals surface area (Å²) in [5, 5.41) is 3.04. The first kappa shape index (κ1) is 13.1. The van der Waals surface area contributed by atoms with E-state index in [9.17, 15) is 4.79 Å². The number of aromatic nitrogens is 2. The number of hydrogen-bond donors (Lipinski definition) is 2. The third kappa shape index (κ3) is 2.28. The lowest BCUT2D eigenvalue weighted by Crippen LogP contribution is -2.29. The van der Waals surface area contributed by atoms with Crippen molar-refractivity contribution in [1.29, 1.82) is 0 Å². The van der Waals surface area contributed by atoms with Crippen LogP contribution in [-0.2, 0) is 4.79 Å². The SMILES string of the molecule is CC(NC(=O)C1CC1c1ccco1)c1nc2ccccc2[nH]1. The molecule has 5 heteroatoms. The second-order valence-electron chi connectivity index (χ2n) is 5.83. The lowest BCUT2D eigenvalue weighted by Gasteiger charge is -2.11. The Morgan fingerprint density at radius 2 is 2.23 bits per heavy atom. The molecular formula is C17H17N3O2. The number of rotatable bonds is 4. The number of benzene rings is 1. The molecular weight excluding hydrogens is 278 g/mol. The highest BCUT2D eigenvalue weighted by Gasteiger charge is 2.46. The number of H-pyrrole nitrogens is 1. The molecule has 2 heterocycles. The van der Waals surface area contributed by atoms with Crippen LogP contribution in [0.5, 0.6) is 0 Å². The Bertz CT molecular complexity index is 773. The molecule has 0 saturated heterocycles. The van der Waals surface area contributed by atoms with Crippen LogP contribution in [0.25, 0.3) is 11.0 Å². The van der Waals surface area contributed by atoms with Crippen molar-refractivity contribution in [3.8, 4) is 0 Å². The van der Waals surface area contributed by atoms with Crippen molar-refractivity contribution in [2.24, 2.45) is 5.92 Å². The van der Waals surface area contributed by atoms with Crippen molar-refractivity contribution >= 4 is 16.9 Å². The zero-order valence-corrected chi connectivity index (χ0v) is 12.2. The molecule has 3 atom stereocenters. The maximum atomic E-state index is 12.3. The number of nitrogens with zero attached hydrogens (tertiary/aromatic N) is 1. The van der Waals surface area contributed by atoms with Gasteiger partial charge >= 0.3 is 0 Å². The van der Waals surface area contributed by atoms with Crippen LogP contribution in [0.15, 0.2) is 47.1 Å². The first-order chi connectivity index (χ1) is 10.7. The molecule has 3 aromatic rings. The molecule has 4 rings (SSSR count). The van der Waals surface area contributed by atoms with Gasteiger partial charge in [0.05, 0.1) is 23.3 Å². The van der Waals surface area contributed by atoms with Crippen molar-refractivity contribution in [1.82, 2.24) is 15.3 Å². The minimum Gasteiger partial charge on any atom is -0.469 e. The van der Waals surface area contributed by atoms with Gasteiger partial charge in [-0.3, -0.25) is 4.79 Å². The molecule has 112 valence electrons. The Morgan fingerprint density at radius 1 is 1.36 bits per heavy atom. The van der Waals surface area contributed by atoms with Crippen LogP contribution in [0.4, 0.5) is 0 Å². The molecule has 1 fully saturated rings. The van der Waals surface area contributed by atoms with Gasteiger partial charge in [-0.1, -0.05) is 12.1 Å². The van der Waals surface area contributed by atoms with Crippen LogP contribution in [0.1, 0.15) is 36.9 Å². The minimum atomic E-state index is -0.141. The summed E-state index contributed by atoms with van der Waals surface area (Å²) in [6.07, 6.45) is 2.51. The Kier molecular flexibility index (Phi) is 2.99. The van der Waals surface area contributed by atoms with Crippen LogP contribution in [0, 0.1) is 5.92 Å². The zero-order valence-electron chi connectivity index (χ0n) is 12.2. The number of nitrogens with one attached hydrogen (secondary N) is 2. The Balaban J connectivity index is 1.43. The molecule has 1 aliphatic rings. The Hall–Kier alpha value is -2.56. The minimum absolute atomic E-state index is 0.0120. The van der Waals surface area contributed by atoms with Gasteiger partial charge in [-0.25, -0.2) is 4.98 Å². The smallest absolute Gasteiger partial charge is 0.224 e. The van der Waals surface area contributed by atoms with E-state index in [0.717, 1.165) is 29.0 Å². The summed E-state index contributed by atoms with van der Waals surface area (Å²) < 4.78 is 5.37. The van der Waals surface area contributed by atoms with E-state index in [2.05, 4.69) is 15.3 Å². The number of aromatic amines is 1. The normalized spacial score (nSPS) is 21.7. The fourth-order valence-corrected chi connectivity index (χ4v) is 2.87. The number of imidazole rings is 1. The van der Waals surface area contributed by atoms with Gasteiger partial charge in [0.2, 0.25) is 5.91 Å². The van der Waals surface area contributed by atoms with Crippen LogP contribution in [0.2, 0.25) is 0 Å². The topological polar surface area (TPSA) is 70.9 Å². The van der Waals surface area contributed by atoms with E-state index >= 15 is 0 Å².